The fourth-order valence-corrected chi connectivity index (χ4v) is 2.55. The number of nitrogens with zero attached hydrogens (tertiary/aromatic N) is 3. The van der Waals surface area contributed by atoms with Gasteiger partial charge in [-0.2, -0.15) is 5.10 Å². The van der Waals surface area contributed by atoms with Gasteiger partial charge in [-0.15, -0.1) is 0 Å². The number of aromatic amines is 1. The second kappa shape index (κ2) is 7.96. The molecule has 3 aromatic rings. The van der Waals surface area contributed by atoms with Crippen molar-refractivity contribution in [3.8, 4) is 11.4 Å². The molecule has 0 unspecified atom stereocenters. The van der Waals surface area contributed by atoms with E-state index in [1.54, 1.807) is 30.6 Å². The number of H-pyrrole nitrogens is 1. The van der Waals surface area contributed by atoms with Gasteiger partial charge in [-0.3, -0.25) is 10.1 Å². The number of carbonyl (C=O) groups excluding carboxylic acids is 1. The number of amides is 2. The molecular weight excluding hydrogens is 363 g/mol. The molecule has 3 rings (SSSR count). The molecule has 128 valence electrons. The van der Waals surface area contributed by atoms with Crippen LogP contribution in [0.1, 0.15) is 11.4 Å². The summed E-state index contributed by atoms with van der Waals surface area (Å²) in [5.41, 5.74) is 1.63. The SMILES string of the molecule is O=C(NCc1nc(-c2ccncc2)n[nH]1)NCc1ccc(Cl)cc1Cl. The third kappa shape index (κ3) is 4.68. The van der Waals surface area contributed by atoms with Gasteiger partial charge in [0.2, 0.25) is 0 Å². The fourth-order valence-electron chi connectivity index (χ4n) is 2.07. The van der Waals surface area contributed by atoms with Crippen LogP contribution in [0.4, 0.5) is 4.79 Å². The first kappa shape index (κ1) is 17.2. The molecular formula is C16H14Cl2N6O. The monoisotopic (exact) mass is 376 g/mol. The Morgan fingerprint density at radius 3 is 2.60 bits per heavy atom. The summed E-state index contributed by atoms with van der Waals surface area (Å²) in [4.78, 5) is 20.2. The van der Waals surface area contributed by atoms with E-state index in [1.165, 1.54) is 0 Å². The molecule has 7 nitrogen and oxygen atoms in total. The largest absolute Gasteiger partial charge is 0.334 e. The summed E-state index contributed by atoms with van der Waals surface area (Å²) >= 11 is 11.9. The molecule has 1 aromatic carbocycles. The van der Waals surface area contributed by atoms with Crippen LogP contribution in [0.5, 0.6) is 0 Å². The normalized spacial score (nSPS) is 10.5. The van der Waals surface area contributed by atoms with E-state index in [9.17, 15) is 4.79 Å². The second-order valence-electron chi connectivity index (χ2n) is 5.11. The predicted octanol–water partition coefficient (Wildman–Crippen LogP) is 3.17. The van der Waals surface area contributed by atoms with E-state index in [0.717, 1.165) is 11.1 Å². The summed E-state index contributed by atoms with van der Waals surface area (Å²) in [6.07, 6.45) is 3.33. The molecule has 0 aliphatic rings. The first-order chi connectivity index (χ1) is 12.1. The number of hydrogen-bond acceptors (Lipinski definition) is 4. The molecule has 0 saturated carbocycles. The summed E-state index contributed by atoms with van der Waals surface area (Å²) in [7, 11) is 0. The fraction of sp³-hybridized carbons (Fsp3) is 0.125. The highest BCUT2D eigenvalue weighted by atomic mass is 35.5. The van der Waals surface area contributed by atoms with E-state index in [-0.39, 0.29) is 12.6 Å². The average molecular weight is 377 g/mol. The molecule has 0 saturated heterocycles. The van der Waals surface area contributed by atoms with Gasteiger partial charge in [0, 0.05) is 34.5 Å². The zero-order valence-electron chi connectivity index (χ0n) is 13.0. The number of pyridine rings is 1. The first-order valence-corrected chi connectivity index (χ1v) is 8.15. The number of aromatic nitrogens is 4. The quantitative estimate of drug-likeness (QED) is 0.637. The Labute approximate surface area is 153 Å². The minimum absolute atomic E-state index is 0.221. The van der Waals surface area contributed by atoms with E-state index in [0.29, 0.717) is 28.2 Å². The predicted molar refractivity (Wildman–Crippen MR) is 95.2 cm³/mol. The maximum absolute atomic E-state index is 11.9. The Kier molecular flexibility index (Phi) is 5.47. The molecule has 0 atom stereocenters. The first-order valence-electron chi connectivity index (χ1n) is 7.39. The maximum Gasteiger partial charge on any atom is 0.315 e. The molecule has 9 heteroatoms. The zero-order valence-corrected chi connectivity index (χ0v) is 14.5. The van der Waals surface area contributed by atoms with Crippen LogP contribution < -0.4 is 10.6 Å². The highest BCUT2D eigenvalue weighted by molar-refractivity contribution is 6.35. The van der Waals surface area contributed by atoms with Crippen LogP contribution in [0, 0.1) is 0 Å². The third-order valence-electron chi connectivity index (χ3n) is 3.34. The maximum atomic E-state index is 11.9. The van der Waals surface area contributed by atoms with Gasteiger partial charge in [0.05, 0.1) is 6.54 Å². The van der Waals surface area contributed by atoms with Gasteiger partial charge in [-0.1, -0.05) is 29.3 Å². The number of carbonyl (C=O) groups is 1. The smallest absolute Gasteiger partial charge is 0.315 e. The van der Waals surface area contributed by atoms with Gasteiger partial charge in [-0.25, -0.2) is 9.78 Å². The molecule has 0 fully saturated rings. The Balaban J connectivity index is 1.50. The van der Waals surface area contributed by atoms with Crippen LogP contribution in [0.2, 0.25) is 10.0 Å². The van der Waals surface area contributed by atoms with Crippen LogP contribution in [-0.2, 0) is 13.1 Å². The van der Waals surface area contributed by atoms with E-state index in [4.69, 9.17) is 23.2 Å². The van der Waals surface area contributed by atoms with Gasteiger partial charge < -0.3 is 10.6 Å². The molecule has 0 aliphatic heterocycles. The second-order valence-corrected chi connectivity index (χ2v) is 5.96. The van der Waals surface area contributed by atoms with Crippen molar-refractivity contribution in [2.24, 2.45) is 0 Å². The van der Waals surface area contributed by atoms with Crippen molar-refractivity contribution in [3.63, 3.8) is 0 Å². The highest BCUT2D eigenvalue weighted by Crippen LogP contribution is 2.20. The van der Waals surface area contributed by atoms with Gasteiger partial charge in [0.25, 0.3) is 0 Å². The minimum Gasteiger partial charge on any atom is -0.334 e. The van der Waals surface area contributed by atoms with Gasteiger partial charge in [0.15, 0.2) is 5.82 Å². The number of hydrogen-bond donors (Lipinski definition) is 3. The Morgan fingerprint density at radius 1 is 1.08 bits per heavy atom. The summed E-state index contributed by atoms with van der Waals surface area (Å²) in [5.74, 6) is 1.10. The van der Waals surface area contributed by atoms with E-state index < -0.39 is 0 Å². The Morgan fingerprint density at radius 2 is 1.84 bits per heavy atom. The Bertz CT molecular complexity index is 868. The van der Waals surface area contributed by atoms with Gasteiger partial charge in [0.1, 0.15) is 5.82 Å². The molecule has 25 heavy (non-hydrogen) atoms. The van der Waals surface area contributed by atoms with Crippen LogP contribution >= 0.6 is 23.2 Å². The van der Waals surface area contributed by atoms with Crippen molar-refractivity contribution < 1.29 is 4.79 Å². The third-order valence-corrected chi connectivity index (χ3v) is 3.93. The van der Waals surface area contributed by atoms with Crippen LogP contribution in [-0.4, -0.2) is 26.2 Å². The lowest BCUT2D eigenvalue weighted by Crippen LogP contribution is -2.34. The molecule has 2 amide bonds. The molecule has 0 spiro atoms. The van der Waals surface area contributed by atoms with Gasteiger partial charge in [-0.05, 0) is 29.8 Å². The van der Waals surface area contributed by atoms with Crippen LogP contribution in [0.3, 0.4) is 0 Å². The van der Waals surface area contributed by atoms with Crippen molar-refractivity contribution >= 4 is 29.2 Å². The molecule has 3 N–H and O–H groups in total. The number of nitrogens with one attached hydrogen (secondary N) is 3. The van der Waals surface area contributed by atoms with Gasteiger partial charge >= 0.3 is 6.03 Å². The number of urea groups is 1. The standard InChI is InChI=1S/C16H14Cl2N6O/c17-12-2-1-11(13(18)7-12)8-20-16(25)21-9-14-22-15(24-23-14)10-3-5-19-6-4-10/h1-7H,8-9H2,(H2,20,21,25)(H,22,23,24). The summed E-state index contributed by atoms with van der Waals surface area (Å²) in [6, 6.07) is 8.40. The van der Waals surface area contributed by atoms with Crippen molar-refractivity contribution in [2.45, 2.75) is 13.1 Å². The number of rotatable bonds is 5. The van der Waals surface area contributed by atoms with Crippen molar-refractivity contribution in [1.29, 1.82) is 0 Å². The van der Waals surface area contributed by atoms with E-state index >= 15 is 0 Å². The van der Waals surface area contributed by atoms with Crippen LogP contribution in [0.25, 0.3) is 11.4 Å². The number of benzene rings is 1. The summed E-state index contributed by atoms with van der Waals surface area (Å²) < 4.78 is 0. The van der Waals surface area contributed by atoms with Crippen molar-refractivity contribution in [2.75, 3.05) is 0 Å². The lowest BCUT2D eigenvalue weighted by atomic mass is 10.2. The summed E-state index contributed by atoms with van der Waals surface area (Å²) in [5, 5.41) is 13.4. The molecule has 0 aliphatic carbocycles. The van der Waals surface area contributed by atoms with Crippen molar-refractivity contribution in [3.05, 3.63) is 64.2 Å². The topological polar surface area (TPSA) is 95.6 Å². The lowest BCUT2D eigenvalue weighted by Gasteiger charge is -2.08. The highest BCUT2D eigenvalue weighted by Gasteiger charge is 2.08. The molecule has 0 radical (unpaired) electrons. The minimum atomic E-state index is -0.340. The Hall–Kier alpha value is -2.64. The van der Waals surface area contributed by atoms with Crippen LogP contribution in [0.15, 0.2) is 42.7 Å². The van der Waals surface area contributed by atoms with Crippen molar-refractivity contribution in [1.82, 2.24) is 30.8 Å². The van der Waals surface area contributed by atoms with E-state index in [2.05, 4.69) is 30.8 Å². The summed E-state index contributed by atoms with van der Waals surface area (Å²) in [6.45, 7) is 0.513. The molecule has 2 aromatic heterocycles. The molecule has 2 heterocycles. The van der Waals surface area contributed by atoms with E-state index in [1.807, 2.05) is 12.1 Å². The number of halogens is 2. The molecule has 0 bridgehead atoms. The average Bonchev–Trinajstić information content (AvgIpc) is 3.09. The lowest BCUT2D eigenvalue weighted by molar-refractivity contribution is 0.240. The zero-order chi connectivity index (χ0) is 17.6.